The monoisotopic (exact) mass is 454 g/mol. The first-order valence-corrected chi connectivity index (χ1v) is 11.2. The first-order valence-electron chi connectivity index (χ1n) is 11.2. The van der Waals surface area contributed by atoms with Gasteiger partial charge in [0.15, 0.2) is 0 Å². The molecule has 0 saturated carbocycles. The molecule has 4 rings (SSSR count). The highest BCUT2D eigenvalue weighted by Crippen LogP contribution is 2.47. The van der Waals surface area contributed by atoms with E-state index in [4.69, 9.17) is 14.2 Å². The molecule has 0 aromatic heterocycles. The molecule has 2 aliphatic heterocycles. The van der Waals surface area contributed by atoms with Crippen molar-refractivity contribution in [3.05, 3.63) is 59.7 Å². The number of aliphatic hydroxyl groups excluding tert-OH is 1. The Morgan fingerprint density at radius 1 is 1.15 bits per heavy atom. The third-order valence-corrected chi connectivity index (χ3v) is 6.05. The molecule has 2 aliphatic rings. The zero-order valence-electron chi connectivity index (χ0n) is 18.7. The van der Waals surface area contributed by atoms with E-state index in [0.29, 0.717) is 24.4 Å². The van der Waals surface area contributed by atoms with Gasteiger partial charge in [0.1, 0.15) is 24.6 Å². The average Bonchev–Trinajstić information content (AvgIpc) is 3.17. The second kappa shape index (κ2) is 10.8. The fourth-order valence-electron chi connectivity index (χ4n) is 4.56. The Morgan fingerprint density at radius 3 is 2.73 bits per heavy atom. The van der Waals surface area contributed by atoms with E-state index in [2.05, 4.69) is 10.6 Å². The van der Waals surface area contributed by atoms with Crippen LogP contribution in [0.3, 0.4) is 0 Å². The van der Waals surface area contributed by atoms with E-state index in [-0.39, 0.29) is 49.6 Å². The van der Waals surface area contributed by atoms with Gasteiger partial charge in [-0.2, -0.15) is 0 Å². The van der Waals surface area contributed by atoms with Crippen molar-refractivity contribution in [2.75, 3.05) is 32.2 Å². The number of hydrogen-bond donors (Lipinski definition) is 3. The van der Waals surface area contributed by atoms with Gasteiger partial charge < -0.3 is 30.0 Å². The minimum absolute atomic E-state index is 0.0263. The quantitative estimate of drug-likeness (QED) is 0.535. The van der Waals surface area contributed by atoms with Crippen LogP contribution in [0.25, 0.3) is 0 Å². The van der Waals surface area contributed by atoms with Crippen LogP contribution in [0.4, 0.5) is 5.69 Å². The lowest BCUT2D eigenvalue weighted by Gasteiger charge is -2.37. The molecule has 0 spiro atoms. The molecule has 176 valence electrons. The van der Waals surface area contributed by atoms with Crippen molar-refractivity contribution in [1.29, 1.82) is 0 Å². The zero-order valence-corrected chi connectivity index (χ0v) is 18.7. The van der Waals surface area contributed by atoms with E-state index >= 15 is 0 Å². The van der Waals surface area contributed by atoms with E-state index in [1.54, 1.807) is 6.07 Å². The van der Waals surface area contributed by atoms with Crippen molar-refractivity contribution in [2.45, 2.75) is 43.5 Å². The summed E-state index contributed by atoms with van der Waals surface area (Å²) in [5, 5.41) is 15.7. The summed E-state index contributed by atoms with van der Waals surface area (Å²) in [6, 6.07) is 15.5. The van der Waals surface area contributed by atoms with Crippen LogP contribution in [0.5, 0.6) is 5.75 Å². The lowest BCUT2D eigenvalue weighted by atomic mass is 9.84. The second-order valence-corrected chi connectivity index (χ2v) is 8.43. The number of carbonyl (C=O) groups excluding carboxylic acids is 2. The molecular weight excluding hydrogens is 424 g/mol. The van der Waals surface area contributed by atoms with Crippen LogP contribution in [0.2, 0.25) is 0 Å². The number of nitrogens with one attached hydrogen (secondary N) is 2. The molecule has 2 aromatic carbocycles. The molecule has 2 amide bonds. The molecule has 8 heteroatoms. The number of anilines is 1. The van der Waals surface area contributed by atoms with Crippen LogP contribution < -0.4 is 15.4 Å². The topological polar surface area (TPSA) is 106 Å². The maximum absolute atomic E-state index is 12.5. The number of rotatable bonds is 9. The standard InChI is InChI=1S/C25H30N2O6/c1-31-15-24(30)27-17-7-8-21-19(11-17)20-12-18(32-22(14-28)25(20)33-21)13-23(29)26-10-9-16-5-3-2-4-6-16/h2-8,11,18,20,22,25,28H,9-10,12-15H2,1H3,(H,26,29)(H,27,30)/t18-,20+,22-,25-/m1/s1. The number of benzene rings is 2. The normalized spacial score (nSPS) is 23.2. The van der Waals surface area contributed by atoms with Gasteiger partial charge in [-0.3, -0.25) is 9.59 Å². The molecule has 0 aliphatic carbocycles. The highest BCUT2D eigenvalue weighted by molar-refractivity contribution is 5.92. The third kappa shape index (κ3) is 5.71. The Balaban J connectivity index is 1.38. The third-order valence-electron chi connectivity index (χ3n) is 6.05. The number of ether oxygens (including phenoxy) is 3. The highest BCUT2D eigenvalue weighted by atomic mass is 16.6. The van der Waals surface area contributed by atoms with E-state index in [1.807, 2.05) is 42.5 Å². The van der Waals surface area contributed by atoms with Crippen molar-refractivity contribution >= 4 is 17.5 Å². The molecule has 8 nitrogen and oxygen atoms in total. The lowest BCUT2D eigenvalue weighted by molar-refractivity contribution is -0.142. The maximum atomic E-state index is 12.5. The van der Waals surface area contributed by atoms with Gasteiger partial charge in [-0.25, -0.2) is 0 Å². The van der Waals surface area contributed by atoms with Crippen molar-refractivity contribution < 1.29 is 28.9 Å². The minimum Gasteiger partial charge on any atom is -0.487 e. The number of fused-ring (bicyclic) bond motifs is 3. The number of aliphatic hydroxyl groups is 1. The summed E-state index contributed by atoms with van der Waals surface area (Å²) < 4.78 is 17.0. The first kappa shape index (κ1) is 23.2. The van der Waals surface area contributed by atoms with Crippen LogP contribution >= 0.6 is 0 Å². The van der Waals surface area contributed by atoms with Gasteiger partial charge in [-0.05, 0) is 36.6 Å². The van der Waals surface area contributed by atoms with Crippen LogP contribution in [-0.2, 0) is 25.5 Å². The van der Waals surface area contributed by atoms with Gasteiger partial charge in [0, 0.05) is 30.8 Å². The molecule has 33 heavy (non-hydrogen) atoms. The molecule has 4 atom stereocenters. The zero-order chi connectivity index (χ0) is 23.2. The number of methoxy groups -OCH3 is 1. The smallest absolute Gasteiger partial charge is 0.250 e. The van der Waals surface area contributed by atoms with Crippen molar-refractivity contribution in [3.63, 3.8) is 0 Å². The SMILES string of the molecule is COCC(=O)Nc1ccc2c(c1)[C@@H]1C[C@H](CC(=O)NCCc3ccccc3)O[C@H](CO)[C@@H]1O2. The first-order chi connectivity index (χ1) is 16.1. The minimum atomic E-state index is -0.523. The molecule has 3 N–H and O–H groups in total. The lowest BCUT2D eigenvalue weighted by Crippen LogP contribution is -2.47. The average molecular weight is 455 g/mol. The molecule has 1 saturated heterocycles. The predicted molar refractivity (Wildman–Crippen MR) is 122 cm³/mol. The fourth-order valence-corrected chi connectivity index (χ4v) is 4.56. The van der Waals surface area contributed by atoms with Gasteiger partial charge >= 0.3 is 0 Å². The van der Waals surface area contributed by atoms with Crippen molar-refractivity contribution in [1.82, 2.24) is 5.32 Å². The number of amides is 2. The van der Waals surface area contributed by atoms with Gasteiger partial charge in [0.2, 0.25) is 11.8 Å². The van der Waals surface area contributed by atoms with E-state index in [9.17, 15) is 14.7 Å². The summed E-state index contributed by atoms with van der Waals surface area (Å²) in [5.74, 6) is 0.362. The summed E-state index contributed by atoms with van der Waals surface area (Å²) in [4.78, 5) is 24.4. The number of carbonyl (C=O) groups is 2. The summed E-state index contributed by atoms with van der Waals surface area (Å²) in [7, 11) is 1.47. The number of hydrogen-bond acceptors (Lipinski definition) is 6. The largest absolute Gasteiger partial charge is 0.487 e. The molecular formula is C25H30N2O6. The van der Waals surface area contributed by atoms with E-state index in [0.717, 1.165) is 12.0 Å². The second-order valence-electron chi connectivity index (χ2n) is 8.43. The summed E-state index contributed by atoms with van der Waals surface area (Å²) >= 11 is 0. The van der Waals surface area contributed by atoms with Crippen molar-refractivity contribution in [3.8, 4) is 5.75 Å². The molecule has 2 aromatic rings. The van der Waals surface area contributed by atoms with Crippen LogP contribution in [0.1, 0.15) is 29.9 Å². The van der Waals surface area contributed by atoms with Gasteiger partial charge in [0.25, 0.3) is 0 Å². The van der Waals surface area contributed by atoms with Crippen molar-refractivity contribution in [2.24, 2.45) is 0 Å². The predicted octanol–water partition coefficient (Wildman–Crippen LogP) is 2.01. The van der Waals surface area contributed by atoms with E-state index in [1.165, 1.54) is 12.7 Å². The fraction of sp³-hybridized carbons (Fsp3) is 0.440. The molecule has 0 unspecified atom stereocenters. The van der Waals surface area contributed by atoms with Crippen LogP contribution in [0, 0.1) is 0 Å². The molecule has 0 radical (unpaired) electrons. The van der Waals surface area contributed by atoms with Crippen LogP contribution in [-0.4, -0.2) is 62.1 Å². The Kier molecular flexibility index (Phi) is 7.59. The Hall–Kier alpha value is -2.94. The van der Waals surface area contributed by atoms with E-state index < -0.39 is 6.10 Å². The Bertz CT molecular complexity index is 967. The molecule has 1 fully saturated rings. The summed E-state index contributed by atoms with van der Waals surface area (Å²) in [6.07, 6.45) is 0.392. The van der Waals surface area contributed by atoms with Gasteiger partial charge in [0.05, 0.1) is 19.1 Å². The highest BCUT2D eigenvalue weighted by Gasteiger charge is 2.46. The summed E-state index contributed by atoms with van der Waals surface area (Å²) in [5.41, 5.74) is 2.77. The van der Waals surface area contributed by atoms with Crippen LogP contribution in [0.15, 0.2) is 48.5 Å². The summed E-state index contributed by atoms with van der Waals surface area (Å²) in [6.45, 7) is 0.335. The van der Waals surface area contributed by atoms with Gasteiger partial charge in [-0.15, -0.1) is 0 Å². The Labute approximate surface area is 193 Å². The van der Waals surface area contributed by atoms with Gasteiger partial charge in [-0.1, -0.05) is 30.3 Å². The molecule has 0 bridgehead atoms. The molecule has 2 heterocycles. The Morgan fingerprint density at radius 2 is 1.97 bits per heavy atom. The maximum Gasteiger partial charge on any atom is 0.250 e.